The first kappa shape index (κ1) is 22.3. The first-order valence-electron chi connectivity index (χ1n) is 9.42. The summed E-state index contributed by atoms with van der Waals surface area (Å²) < 4.78 is 4.99. The lowest BCUT2D eigenvalue weighted by molar-refractivity contribution is -0.143. The third-order valence-electron chi connectivity index (χ3n) is 4.38. The second kappa shape index (κ2) is 11.8. The van der Waals surface area contributed by atoms with E-state index >= 15 is 0 Å². The topological polar surface area (TPSA) is 26.3 Å². The van der Waals surface area contributed by atoms with Gasteiger partial charge in [-0.05, 0) is 49.2 Å². The van der Waals surface area contributed by atoms with E-state index in [0.717, 1.165) is 12.8 Å². The lowest BCUT2D eigenvalue weighted by atomic mass is 10.1. The fraction of sp³-hybridized carbons (Fsp3) is 0.208. The quantitative estimate of drug-likeness (QED) is 0.355. The fourth-order valence-corrected chi connectivity index (χ4v) is 5.37. The molecule has 0 N–H and O–H groups in total. The number of hydrogen-bond acceptors (Lipinski definition) is 2. The summed E-state index contributed by atoms with van der Waals surface area (Å²) in [7, 11) is -0.561. The summed E-state index contributed by atoms with van der Waals surface area (Å²) in [6, 6.07) is 30.3. The molecule has 0 saturated heterocycles. The molecule has 0 aromatic heterocycles. The number of halogens is 1. The van der Waals surface area contributed by atoms with Gasteiger partial charge in [0, 0.05) is 6.42 Å². The van der Waals surface area contributed by atoms with Crippen LogP contribution in [0.4, 0.5) is 0 Å². The van der Waals surface area contributed by atoms with Crippen molar-refractivity contribution in [2.75, 3.05) is 6.61 Å². The van der Waals surface area contributed by atoms with Crippen molar-refractivity contribution in [3.05, 3.63) is 90.5 Å². The summed E-state index contributed by atoms with van der Waals surface area (Å²) in [5.41, 5.74) is 1.26. The maximum atomic E-state index is 11.5. The van der Waals surface area contributed by atoms with E-state index in [2.05, 4.69) is 84.9 Å². The average molecular weight is 457 g/mol. The van der Waals surface area contributed by atoms with Gasteiger partial charge in [-0.15, -0.1) is 17.0 Å². The van der Waals surface area contributed by atoms with E-state index in [1.165, 1.54) is 21.5 Å². The molecule has 0 unspecified atom stereocenters. The van der Waals surface area contributed by atoms with E-state index in [1.807, 2.05) is 6.92 Å². The molecule has 0 saturated carbocycles. The molecule has 0 amide bonds. The molecule has 3 aromatic carbocycles. The Balaban J connectivity index is 0.00000280. The van der Waals surface area contributed by atoms with Crippen LogP contribution >= 0.6 is 24.9 Å². The molecule has 3 aromatic rings. The van der Waals surface area contributed by atoms with Crippen LogP contribution in [-0.2, 0) is 16.0 Å². The Labute approximate surface area is 179 Å². The van der Waals surface area contributed by atoms with Gasteiger partial charge in [-0.25, -0.2) is 0 Å². The van der Waals surface area contributed by atoms with Crippen molar-refractivity contribution in [2.45, 2.75) is 26.2 Å². The normalized spacial score (nSPS) is 10.4. The monoisotopic (exact) mass is 456 g/mol. The van der Waals surface area contributed by atoms with Crippen LogP contribution in [-0.4, -0.2) is 12.6 Å². The largest absolute Gasteiger partial charge is 0.466 e. The molecule has 0 radical (unpaired) electrons. The molecular formula is C24H26BrO2P. The Kier molecular flexibility index (Phi) is 9.40. The Morgan fingerprint density at radius 1 is 0.786 bits per heavy atom. The number of hydrogen-bond donors (Lipinski definition) is 0. The van der Waals surface area contributed by atoms with Gasteiger partial charge in [0.05, 0.1) is 6.61 Å². The number of ether oxygens (including phenoxy) is 1. The van der Waals surface area contributed by atoms with Crippen molar-refractivity contribution >= 4 is 46.8 Å². The van der Waals surface area contributed by atoms with Crippen LogP contribution in [0.25, 0.3) is 0 Å². The van der Waals surface area contributed by atoms with E-state index < -0.39 is 7.92 Å². The summed E-state index contributed by atoms with van der Waals surface area (Å²) in [6.07, 6.45) is 2.20. The molecule has 0 aliphatic rings. The molecule has 3 rings (SSSR count). The minimum Gasteiger partial charge on any atom is -0.466 e. The van der Waals surface area contributed by atoms with E-state index in [1.54, 1.807) is 0 Å². The molecule has 146 valence electrons. The zero-order valence-electron chi connectivity index (χ0n) is 16.1. The molecule has 0 aliphatic carbocycles. The Bertz CT molecular complexity index is 796. The molecule has 0 atom stereocenters. The first-order valence-corrected chi connectivity index (χ1v) is 10.8. The predicted molar refractivity (Wildman–Crippen MR) is 125 cm³/mol. The van der Waals surface area contributed by atoms with Gasteiger partial charge in [0.1, 0.15) is 0 Å². The smallest absolute Gasteiger partial charge is 0.305 e. The molecule has 4 heteroatoms. The van der Waals surface area contributed by atoms with Crippen LogP contribution in [0.15, 0.2) is 84.9 Å². The third-order valence-corrected chi connectivity index (χ3v) is 6.82. The van der Waals surface area contributed by atoms with Gasteiger partial charge in [-0.1, -0.05) is 84.9 Å². The van der Waals surface area contributed by atoms with Gasteiger partial charge in [0.2, 0.25) is 0 Å². The van der Waals surface area contributed by atoms with Crippen molar-refractivity contribution in [1.82, 2.24) is 0 Å². The lowest BCUT2D eigenvalue weighted by Crippen LogP contribution is -2.20. The second-order valence-electron chi connectivity index (χ2n) is 6.33. The Morgan fingerprint density at radius 3 is 1.79 bits per heavy atom. The summed E-state index contributed by atoms with van der Waals surface area (Å²) >= 11 is 0. The van der Waals surface area contributed by atoms with Gasteiger partial charge in [0.25, 0.3) is 0 Å². The number of carbonyl (C=O) groups is 1. The maximum Gasteiger partial charge on any atom is 0.305 e. The number of carbonyl (C=O) groups excluding carboxylic acids is 1. The van der Waals surface area contributed by atoms with Crippen molar-refractivity contribution in [1.29, 1.82) is 0 Å². The van der Waals surface area contributed by atoms with E-state index in [9.17, 15) is 4.79 Å². The highest BCUT2D eigenvalue weighted by atomic mass is 79.9. The Morgan fingerprint density at radius 2 is 1.29 bits per heavy atom. The van der Waals surface area contributed by atoms with E-state index in [0.29, 0.717) is 13.0 Å². The SMILES string of the molecule is Br.CCOC(=O)CCCc1ccc(P(c2ccccc2)c2ccccc2)cc1. The predicted octanol–water partition coefficient (Wildman–Crippen LogP) is 4.91. The summed E-state index contributed by atoms with van der Waals surface area (Å²) in [6.45, 7) is 2.30. The van der Waals surface area contributed by atoms with Crippen molar-refractivity contribution < 1.29 is 9.53 Å². The highest BCUT2D eigenvalue weighted by molar-refractivity contribution is 8.93. The standard InChI is InChI=1S/C24H25O2P.BrH/c1-2-26-24(25)15-9-10-20-16-18-23(19-17-20)27(21-11-5-3-6-12-21)22-13-7-4-8-14-22;/h3-8,11-14,16-19H,2,9-10,15H2,1H3;1H. The zero-order chi connectivity index (χ0) is 18.9. The molecular weight excluding hydrogens is 431 g/mol. The summed E-state index contributed by atoms with van der Waals surface area (Å²) in [4.78, 5) is 11.5. The van der Waals surface area contributed by atoms with Crippen LogP contribution in [0, 0.1) is 0 Å². The van der Waals surface area contributed by atoms with E-state index in [-0.39, 0.29) is 23.0 Å². The maximum absolute atomic E-state index is 11.5. The second-order valence-corrected chi connectivity index (χ2v) is 8.55. The molecule has 0 bridgehead atoms. The minimum atomic E-state index is -0.561. The van der Waals surface area contributed by atoms with Gasteiger partial charge in [-0.3, -0.25) is 4.79 Å². The van der Waals surface area contributed by atoms with Gasteiger partial charge < -0.3 is 4.74 Å². The van der Waals surface area contributed by atoms with Crippen LogP contribution in [0.1, 0.15) is 25.3 Å². The molecule has 2 nitrogen and oxygen atoms in total. The fourth-order valence-electron chi connectivity index (χ4n) is 3.08. The number of aryl methyl sites for hydroxylation is 1. The highest BCUT2D eigenvalue weighted by Gasteiger charge is 2.15. The summed E-state index contributed by atoms with van der Waals surface area (Å²) in [5, 5.41) is 4.05. The lowest BCUT2D eigenvalue weighted by Gasteiger charge is -2.19. The number of rotatable bonds is 8. The first-order chi connectivity index (χ1) is 13.3. The van der Waals surface area contributed by atoms with Crippen LogP contribution < -0.4 is 15.9 Å². The molecule has 0 spiro atoms. The minimum absolute atomic E-state index is 0. The van der Waals surface area contributed by atoms with Gasteiger partial charge in [0.15, 0.2) is 0 Å². The van der Waals surface area contributed by atoms with Crippen molar-refractivity contribution in [2.24, 2.45) is 0 Å². The number of esters is 1. The third kappa shape index (κ3) is 6.29. The number of benzene rings is 3. The average Bonchev–Trinajstić information content (AvgIpc) is 2.71. The van der Waals surface area contributed by atoms with Crippen LogP contribution in [0.3, 0.4) is 0 Å². The van der Waals surface area contributed by atoms with Crippen molar-refractivity contribution in [3.63, 3.8) is 0 Å². The highest BCUT2D eigenvalue weighted by Crippen LogP contribution is 2.32. The van der Waals surface area contributed by atoms with E-state index in [4.69, 9.17) is 4.74 Å². The van der Waals surface area contributed by atoms with Gasteiger partial charge in [-0.2, -0.15) is 0 Å². The summed E-state index contributed by atoms with van der Waals surface area (Å²) in [5.74, 6) is -0.106. The molecule has 0 aliphatic heterocycles. The molecule has 0 fully saturated rings. The molecule has 28 heavy (non-hydrogen) atoms. The zero-order valence-corrected chi connectivity index (χ0v) is 18.7. The van der Waals surface area contributed by atoms with Crippen LogP contribution in [0.5, 0.6) is 0 Å². The van der Waals surface area contributed by atoms with Crippen molar-refractivity contribution in [3.8, 4) is 0 Å². The molecule has 0 heterocycles. The Hall–Kier alpha value is -1.96. The van der Waals surface area contributed by atoms with Crippen LogP contribution in [0.2, 0.25) is 0 Å². The van der Waals surface area contributed by atoms with Gasteiger partial charge >= 0.3 is 5.97 Å².